The highest BCUT2D eigenvalue weighted by molar-refractivity contribution is 7.03. The first-order valence-electron chi connectivity index (χ1n) is 9.67. The van der Waals surface area contributed by atoms with Gasteiger partial charge in [0.2, 0.25) is 0 Å². The van der Waals surface area contributed by atoms with Crippen LogP contribution in [0.15, 0.2) is 28.2 Å². The number of carbonyl (C=O) groups excluding carboxylic acids is 2. The minimum Gasteiger partial charge on any atom is -0.467 e. The number of amides is 2. The average molecular weight is 388 g/mol. The van der Waals surface area contributed by atoms with E-state index in [4.69, 9.17) is 4.42 Å². The van der Waals surface area contributed by atoms with Crippen molar-refractivity contribution in [3.63, 3.8) is 0 Å². The van der Waals surface area contributed by atoms with Crippen molar-refractivity contribution in [3.8, 4) is 0 Å². The van der Waals surface area contributed by atoms with Crippen molar-refractivity contribution in [3.05, 3.63) is 35.2 Å². The second-order valence-electron chi connectivity index (χ2n) is 7.35. The van der Waals surface area contributed by atoms with Crippen LogP contribution in [0.2, 0.25) is 0 Å². The summed E-state index contributed by atoms with van der Waals surface area (Å²) in [7, 11) is 0. The monoisotopic (exact) mass is 388 g/mol. The molecule has 4 rings (SSSR count). The summed E-state index contributed by atoms with van der Waals surface area (Å²) in [4.78, 5) is 28.2. The molecule has 2 amide bonds. The Hall–Kier alpha value is -2.22. The quantitative estimate of drug-likeness (QED) is 0.820. The van der Waals surface area contributed by atoms with Crippen LogP contribution in [-0.2, 0) is 4.79 Å². The molecule has 8 heteroatoms. The Morgan fingerprint density at radius 3 is 2.56 bits per heavy atom. The van der Waals surface area contributed by atoms with Crippen LogP contribution in [0.3, 0.4) is 0 Å². The molecule has 2 aliphatic carbocycles. The number of carbonyl (C=O) groups is 2. The zero-order valence-electron chi connectivity index (χ0n) is 15.2. The molecule has 2 fully saturated rings. The van der Waals surface area contributed by atoms with Crippen molar-refractivity contribution in [2.24, 2.45) is 0 Å². The highest BCUT2D eigenvalue weighted by atomic mass is 32.1. The van der Waals surface area contributed by atoms with Crippen LogP contribution in [0.25, 0.3) is 0 Å². The Kier molecular flexibility index (Phi) is 5.52. The van der Waals surface area contributed by atoms with Crippen molar-refractivity contribution in [1.82, 2.24) is 19.8 Å². The van der Waals surface area contributed by atoms with Gasteiger partial charge in [-0.2, -0.15) is 0 Å². The fourth-order valence-electron chi connectivity index (χ4n) is 4.26. The van der Waals surface area contributed by atoms with Crippen LogP contribution in [0.5, 0.6) is 0 Å². The van der Waals surface area contributed by atoms with E-state index in [-0.39, 0.29) is 29.6 Å². The van der Waals surface area contributed by atoms with E-state index in [1.807, 2.05) is 0 Å². The van der Waals surface area contributed by atoms with Gasteiger partial charge in [0.05, 0.1) is 6.26 Å². The minimum absolute atomic E-state index is 0.00336. The molecule has 144 valence electrons. The molecule has 0 spiro atoms. The second-order valence-corrected chi connectivity index (χ2v) is 7.96. The summed E-state index contributed by atoms with van der Waals surface area (Å²) in [5.74, 6) is 0.0767. The molecular formula is C19H24N4O3S. The van der Waals surface area contributed by atoms with Crippen LogP contribution in [0.1, 0.15) is 73.7 Å². The van der Waals surface area contributed by atoms with E-state index in [1.165, 1.54) is 0 Å². The molecule has 1 atom stereocenters. The standard InChI is InChI=1S/C19H24N4O3S/c24-18(20-13-6-1-2-7-13)17(16-10-5-11-26-16)23(14-8-3-4-9-14)19(25)15-12-27-22-21-15/h5,10-14,17H,1-4,6-9H2,(H,20,24)/t17-/m0/s1. The third-order valence-electron chi connectivity index (χ3n) is 5.57. The predicted molar refractivity (Wildman–Crippen MR) is 100 cm³/mol. The van der Waals surface area contributed by atoms with Crippen molar-refractivity contribution < 1.29 is 14.0 Å². The Bertz CT molecular complexity index is 750. The maximum Gasteiger partial charge on any atom is 0.276 e. The lowest BCUT2D eigenvalue weighted by atomic mass is 10.1. The Morgan fingerprint density at radius 2 is 1.93 bits per heavy atom. The molecule has 0 saturated heterocycles. The fourth-order valence-corrected chi connectivity index (χ4v) is 4.69. The maximum absolute atomic E-state index is 13.3. The van der Waals surface area contributed by atoms with Crippen LogP contribution in [-0.4, -0.2) is 38.4 Å². The summed E-state index contributed by atoms with van der Waals surface area (Å²) < 4.78 is 9.42. The van der Waals surface area contributed by atoms with Crippen LogP contribution in [0.4, 0.5) is 0 Å². The Morgan fingerprint density at radius 1 is 1.19 bits per heavy atom. The molecular weight excluding hydrogens is 364 g/mol. The van der Waals surface area contributed by atoms with Gasteiger partial charge in [-0.25, -0.2) is 0 Å². The van der Waals surface area contributed by atoms with E-state index >= 15 is 0 Å². The van der Waals surface area contributed by atoms with E-state index in [1.54, 1.807) is 28.7 Å². The lowest BCUT2D eigenvalue weighted by Gasteiger charge is -2.34. The van der Waals surface area contributed by atoms with Gasteiger partial charge in [-0.15, -0.1) is 5.10 Å². The van der Waals surface area contributed by atoms with Crippen molar-refractivity contribution >= 4 is 23.3 Å². The van der Waals surface area contributed by atoms with Crippen molar-refractivity contribution in [2.75, 3.05) is 0 Å². The minimum atomic E-state index is -0.780. The topological polar surface area (TPSA) is 88.3 Å². The van der Waals surface area contributed by atoms with Crippen LogP contribution >= 0.6 is 11.5 Å². The zero-order valence-corrected chi connectivity index (χ0v) is 16.0. The predicted octanol–water partition coefficient (Wildman–Crippen LogP) is 3.32. The van der Waals surface area contributed by atoms with E-state index in [0.29, 0.717) is 5.76 Å². The third-order valence-corrected chi connectivity index (χ3v) is 6.08. The Labute approximate surface area is 162 Å². The van der Waals surface area contributed by atoms with Gasteiger partial charge in [-0.05, 0) is 49.3 Å². The molecule has 2 aromatic heterocycles. The van der Waals surface area contributed by atoms with Crippen molar-refractivity contribution in [2.45, 2.75) is 69.5 Å². The number of hydrogen-bond acceptors (Lipinski definition) is 6. The van der Waals surface area contributed by atoms with Crippen LogP contribution < -0.4 is 5.32 Å². The summed E-state index contributed by atoms with van der Waals surface area (Å²) in [6.07, 6.45) is 9.67. The molecule has 2 heterocycles. The normalized spacial score (nSPS) is 19.3. The van der Waals surface area contributed by atoms with Gasteiger partial charge in [-0.1, -0.05) is 30.2 Å². The number of furan rings is 1. The smallest absolute Gasteiger partial charge is 0.276 e. The molecule has 27 heavy (non-hydrogen) atoms. The van der Waals surface area contributed by atoms with Gasteiger partial charge < -0.3 is 14.6 Å². The number of rotatable bonds is 6. The second kappa shape index (κ2) is 8.21. The van der Waals surface area contributed by atoms with Gasteiger partial charge in [-0.3, -0.25) is 9.59 Å². The van der Waals surface area contributed by atoms with E-state index in [2.05, 4.69) is 14.9 Å². The molecule has 0 radical (unpaired) electrons. The number of nitrogens with zero attached hydrogens (tertiary/aromatic N) is 3. The van der Waals surface area contributed by atoms with Crippen LogP contribution in [0, 0.1) is 0 Å². The Balaban J connectivity index is 1.67. The third kappa shape index (κ3) is 3.90. The van der Waals surface area contributed by atoms with Crippen molar-refractivity contribution in [1.29, 1.82) is 0 Å². The van der Waals surface area contributed by atoms with E-state index < -0.39 is 6.04 Å². The molecule has 0 unspecified atom stereocenters. The average Bonchev–Trinajstić information content (AvgIpc) is 3.47. The molecule has 2 aliphatic rings. The molecule has 7 nitrogen and oxygen atoms in total. The van der Waals surface area contributed by atoms with Gasteiger partial charge in [0.25, 0.3) is 11.8 Å². The first-order chi connectivity index (χ1) is 13.2. The zero-order chi connectivity index (χ0) is 18.6. The summed E-state index contributed by atoms with van der Waals surface area (Å²) in [6, 6.07) is 2.93. The highest BCUT2D eigenvalue weighted by Gasteiger charge is 2.40. The molecule has 2 saturated carbocycles. The lowest BCUT2D eigenvalue weighted by molar-refractivity contribution is -0.128. The SMILES string of the molecule is O=C(NC1CCCC1)[C@H](c1ccco1)N(C(=O)c1csnn1)C1CCCC1. The van der Waals surface area contributed by atoms with Gasteiger partial charge >= 0.3 is 0 Å². The number of nitrogens with one attached hydrogen (secondary N) is 1. The molecule has 0 bridgehead atoms. The largest absolute Gasteiger partial charge is 0.467 e. The first kappa shape index (κ1) is 18.2. The van der Waals surface area contributed by atoms with E-state index in [0.717, 1.165) is 62.9 Å². The first-order valence-corrected chi connectivity index (χ1v) is 10.5. The van der Waals surface area contributed by atoms with Gasteiger partial charge in [0.1, 0.15) is 5.76 Å². The fraction of sp³-hybridized carbons (Fsp3) is 0.579. The summed E-state index contributed by atoms with van der Waals surface area (Å²) in [5.41, 5.74) is 0.289. The summed E-state index contributed by atoms with van der Waals surface area (Å²) in [6.45, 7) is 0. The molecule has 2 aromatic rings. The number of hydrogen-bond donors (Lipinski definition) is 1. The van der Waals surface area contributed by atoms with E-state index in [9.17, 15) is 9.59 Å². The number of aromatic nitrogens is 2. The van der Waals surface area contributed by atoms with Gasteiger partial charge in [0, 0.05) is 17.5 Å². The highest BCUT2D eigenvalue weighted by Crippen LogP contribution is 2.33. The maximum atomic E-state index is 13.3. The summed E-state index contributed by atoms with van der Waals surface area (Å²) >= 11 is 1.14. The molecule has 1 N–H and O–H groups in total. The lowest BCUT2D eigenvalue weighted by Crippen LogP contribution is -2.49. The summed E-state index contributed by atoms with van der Waals surface area (Å²) in [5, 5.41) is 8.73. The van der Waals surface area contributed by atoms with Gasteiger partial charge in [0.15, 0.2) is 11.7 Å². The molecule has 0 aliphatic heterocycles. The molecule has 0 aromatic carbocycles.